The average molecular weight is 587 g/mol. The number of methoxy groups -OCH3 is 1. The molecule has 39 heavy (non-hydrogen) atoms. The Kier molecular flexibility index (Phi) is 9.02. The summed E-state index contributed by atoms with van der Waals surface area (Å²) in [6, 6.07) is 13.6. The van der Waals surface area contributed by atoms with Crippen LogP contribution < -0.4 is 10.4 Å². The van der Waals surface area contributed by atoms with E-state index in [9.17, 15) is 4.79 Å². The highest BCUT2D eigenvalue weighted by atomic mass is 35.5. The number of benzene rings is 1. The standard InChI is InChI=1S/C28H39ClN4O4Si2/c1-35-25-11-9-22(26(29)31-25)20-8-10-23-21(16-20)17-24-27(30-23)33(19-37-13-15-39(5,6)7)28(34)32(24)18-36-12-14-38(2,3)4/h8-11,16-17H,12-15,18-19H2,1-7H3. The first-order valence-corrected chi connectivity index (χ1v) is 21.1. The average Bonchev–Trinajstić information content (AvgIpc) is 3.11. The summed E-state index contributed by atoms with van der Waals surface area (Å²) in [7, 11) is -0.937. The van der Waals surface area contributed by atoms with E-state index in [0.717, 1.165) is 34.1 Å². The van der Waals surface area contributed by atoms with Gasteiger partial charge in [0.2, 0.25) is 5.88 Å². The minimum Gasteiger partial charge on any atom is -0.481 e. The zero-order valence-corrected chi connectivity index (χ0v) is 26.8. The molecule has 210 valence electrons. The third-order valence-electron chi connectivity index (χ3n) is 6.56. The van der Waals surface area contributed by atoms with Crippen LogP contribution in [-0.2, 0) is 22.9 Å². The topological polar surface area (TPSA) is 80.4 Å². The second kappa shape index (κ2) is 11.9. The molecule has 0 unspecified atom stereocenters. The van der Waals surface area contributed by atoms with Gasteiger partial charge in [-0.15, -0.1) is 0 Å². The Morgan fingerprint density at radius 1 is 0.846 bits per heavy atom. The normalized spacial score (nSPS) is 12.5. The molecule has 0 aliphatic rings. The van der Waals surface area contributed by atoms with Gasteiger partial charge in [0, 0.05) is 46.4 Å². The minimum atomic E-state index is -1.25. The number of hydrogen-bond donors (Lipinski definition) is 0. The molecule has 1 aromatic carbocycles. The minimum absolute atomic E-state index is 0.158. The molecule has 0 fully saturated rings. The van der Waals surface area contributed by atoms with Gasteiger partial charge in [-0.05, 0) is 41.9 Å². The van der Waals surface area contributed by atoms with Crippen molar-refractivity contribution in [3.63, 3.8) is 0 Å². The SMILES string of the molecule is COc1ccc(-c2ccc3nc4c(cc3c2)n(COCC[Si](C)(C)C)c(=O)n4COCC[Si](C)(C)C)c(Cl)n1. The van der Waals surface area contributed by atoms with Gasteiger partial charge in [-0.2, -0.15) is 0 Å². The molecular formula is C28H39ClN4O4Si2. The Morgan fingerprint density at radius 3 is 2.08 bits per heavy atom. The van der Waals surface area contributed by atoms with Crippen molar-refractivity contribution in [1.29, 1.82) is 0 Å². The van der Waals surface area contributed by atoms with Gasteiger partial charge in [-0.3, -0.25) is 9.13 Å². The highest BCUT2D eigenvalue weighted by molar-refractivity contribution is 6.76. The van der Waals surface area contributed by atoms with Crippen molar-refractivity contribution in [3.8, 4) is 17.0 Å². The molecule has 0 atom stereocenters. The predicted molar refractivity (Wildman–Crippen MR) is 165 cm³/mol. The zero-order valence-electron chi connectivity index (χ0n) is 24.0. The van der Waals surface area contributed by atoms with Crippen LogP contribution in [0.3, 0.4) is 0 Å². The Balaban J connectivity index is 1.72. The largest absolute Gasteiger partial charge is 0.481 e. The van der Waals surface area contributed by atoms with E-state index in [4.69, 9.17) is 30.8 Å². The zero-order chi connectivity index (χ0) is 28.4. The van der Waals surface area contributed by atoms with Crippen LogP contribution in [-0.4, -0.2) is 55.6 Å². The van der Waals surface area contributed by atoms with Crippen LogP contribution in [0.1, 0.15) is 0 Å². The maximum Gasteiger partial charge on any atom is 0.334 e. The van der Waals surface area contributed by atoms with E-state index in [1.165, 1.54) is 0 Å². The summed E-state index contributed by atoms with van der Waals surface area (Å²) < 4.78 is 20.4. The predicted octanol–water partition coefficient (Wildman–Crippen LogP) is 6.70. The van der Waals surface area contributed by atoms with Gasteiger partial charge in [0.1, 0.15) is 18.6 Å². The van der Waals surface area contributed by atoms with Gasteiger partial charge < -0.3 is 14.2 Å². The third kappa shape index (κ3) is 7.37. The van der Waals surface area contributed by atoms with Gasteiger partial charge in [-0.25, -0.2) is 14.8 Å². The van der Waals surface area contributed by atoms with Gasteiger partial charge >= 0.3 is 5.69 Å². The summed E-state index contributed by atoms with van der Waals surface area (Å²) in [6.07, 6.45) is 0. The summed E-state index contributed by atoms with van der Waals surface area (Å²) in [6.45, 7) is 15.4. The quantitative estimate of drug-likeness (QED) is 0.104. The third-order valence-corrected chi connectivity index (χ3v) is 10.3. The Bertz CT molecular complexity index is 1520. The lowest BCUT2D eigenvalue weighted by molar-refractivity contribution is 0.0753. The number of halogens is 1. The summed E-state index contributed by atoms with van der Waals surface area (Å²) in [5.41, 5.74) is 3.59. The van der Waals surface area contributed by atoms with E-state index in [1.807, 2.05) is 30.3 Å². The van der Waals surface area contributed by atoms with Crippen molar-refractivity contribution in [2.24, 2.45) is 0 Å². The number of pyridine rings is 2. The van der Waals surface area contributed by atoms with Crippen molar-refractivity contribution in [2.75, 3.05) is 20.3 Å². The molecule has 0 N–H and O–H groups in total. The van der Waals surface area contributed by atoms with Crippen molar-refractivity contribution < 1.29 is 14.2 Å². The lowest BCUT2D eigenvalue weighted by Gasteiger charge is -2.15. The van der Waals surface area contributed by atoms with Gasteiger partial charge in [0.05, 0.1) is 18.1 Å². The molecule has 3 aromatic heterocycles. The van der Waals surface area contributed by atoms with E-state index in [-0.39, 0.29) is 19.2 Å². The summed E-state index contributed by atoms with van der Waals surface area (Å²) in [5.74, 6) is 0.458. The second-order valence-corrected chi connectivity index (χ2v) is 23.9. The molecule has 0 aliphatic heterocycles. The first-order chi connectivity index (χ1) is 18.4. The monoisotopic (exact) mass is 586 g/mol. The fraction of sp³-hybridized carbons (Fsp3) is 0.464. The molecule has 0 bridgehead atoms. The number of ether oxygens (including phenoxy) is 3. The number of nitrogens with zero attached hydrogens (tertiary/aromatic N) is 4. The molecular weight excluding hydrogens is 548 g/mol. The van der Waals surface area contributed by atoms with Crippen LogP contribution in [0.5, 0.6) is 5.88 Å². The molecule has 4 rings (SSSR count). The Hall–Kier alpha value is -2.51. The first-order valence-electron chi connectivity index (χ1n) is 13.3. The van der Waals surface area contributed by atoms with Crippen LogP contribution in [0.25, 0.3) is 33.2 Å². The summed E-state index contributed by atoms with van der Waals surface area (Å²) in [4.78, 5) is 22.7. The van der Waals surface area contributed by atoms with Gasteiger partial charge in [0.15, 0.2) is 5.65 Å². The smallest absolute Gasteiger partial charge is 0.334 e. The number of hydrogen-bond acceptors (Lipinski definition) is 6. The van der Waals surface area contributed by atoms with Crippen LogP contribution >= 0.6 is 11.6 Å². The van der Waals surface area contributed by atoms with Crippen LogP contribution in [0.2, 0.25) is 56.5 Å². The molecule has 8 nitrogen and oxygen atoms in total. The molecule has 0 aliphatic carbocycles. The van der Waals surface area contributed by atoms with Crippen molar-refractivity contribution >= 4 is 49.8 Å². The number of aromatic nitrogens is 4. The maximum absolute atomic E-state index is 13.5. The number of imidazole rings is 1. The highest BCUT2D eigenvalue weighted by Gasteiger charge is 2.19. The molecule has 0 saturated heterocycles. The summed E-state index contributed by atoms with van der Waals surface area (Å²) in [5, 5.41) is 1.25. The second-order valence-electron chi connectivity index (χ2n) is 12.3. The van der Waals surface area contributed by atoms with Crippen LogP contribution in [0.15, 0.2) is 41.2 Å². The van der Waals surface area contributed by atoms with Crippen molar-refractivity contribution in [2.45, 2.75) is 64.8 Å². The van der Waals surface area contributed by atoms with E-state index < -0.39 is 16.1 Å². The van der Waals surface area contributed by atoms with Gasteiger partial charge in [0.25, 0.3) is 0 Å². The number of rotatable bonds is 12. The van der Waals surface area contributed by atoms with E-state index in [2.05, 4.69) is 44.3 Å². The van der Waals surface area contributed by atoms with Crippen molar-refractivity contribution in [1.82, 2.24) is 19.1 Å². The molecule has 0 amide bonds. The molecule has 0 radical (unpaired) electrons. The molecule has 11 heteroatoms. The highest BCUT2D eigenvalue weighted by Crippen LogP contribution is 2.31. The van der Waals surface area contributed by atoms with E-state index in [0.29, 0.717) is 35.4 Å². The maximum atomic E-state index is 13.5. The van der Waals surface area contributed by atoms with E-state index in [1.54, 1.807) is 22.3 Å². The molecule has 3 heterocycles. The Labute approximate surface area is 236 Å². The Morgan fingerprint density at radius 2 is 1.49 bits per heavy atom. The fourth-order valence-corrected chi connectivity index (χ4v) is 5.88. The molecule has 0 spiro atoms. The fourth-order valence-electron chi connectivity index (χ4n) is 4.12. The lowest BCUT2D eigenvalue weighted by atomic mass is 10.0. The van der Waals surface area contributed by atoms with E-state index >= 15 is 0 Å². The summed E-state index contributed by atoms with van der Waals surface area (Å²) >= 11 is 6.45. The van der Waals surface area contributed by atoms with Crippen molar-refractivity contribution in [3.05, 3.63) is 52.0 Å². The van der Waals surface area contributed by atoms with Crippen LogP contribution in [0, 0.1) is 0 Å². The molecule has 0 saturated carbocycles. The van der Waals surface area contributed by atoms with Crippen LogP contribution in [0.4, 0.5) is 0 Å². The first kappa shape index (κ1) is 29.5. The number of fused-ring (bicyclic) bond motifs is 2. The lowest BCUT2D eigenvalue weighted by Crippen LogP contribution is -2.28. The molecule has 4 aromatic rings. The van der Waals surface area contributed by atoms with Gasteiger partial charge in [-0.1, -0.05) is 56.9 Å².